The summed E-state index contributed by atoms with van der Waals surface area (Å²) in [6, 6.07) is 6.39. The molecule has 9 heteroatoms. The molecule has 3 amide bonds. The Hall–Kier alpha value is -2.97. The number of urea groups is 1. The largest absolute Gasteiger partial charge is 0.494 e. The van der Waals surface area contributed by atoms with Crippen molar-refractivity contribution in [3.63, 3.8) is 0 Å². The maximum absolute atomic E-state index is 11.9. The van der Waals surface area contributed by atoms with Crippen molar-refractivity contribution < 1.29 is 28.6 Å². The number of carbonyl (C=O) groups excluding carboxylic acids is 3. The van der Waals surface area contributed by atoms with Crippen LogP contribution in [-0.4, -0.2) is 43.3 Å². The van der Waals surface area contributed by atoms with E-state index in [1.807, 2.05) is 6.92 Å². The van der Waals surface area contributed by atoms with Gasteiger partial charge in [-0.1, -0.05) is 6.92 Å². The number of hydrogen-bond acceptors (Lipinski definition) is 6. The van der Waals surface area contributed by atoms with E-state index in [0.717, 1.165) is 6.42 Å². The molecule has 0 aliphatic carbocycles. The minimum absolute atomic E-state index is 0.211. The standard InChI is InChI=1S/C20H31N3O6/c1-5-13-21-19(26)23-22-17(24)8-7-14-28-15-9-11-16(12-10-15)29-20(3,4)18(25)27-6-2/h9-12H,5-8,13-14H2,1-4H3,(H,22,24)(H2,21,23,26). The van der Waals surface area contributed by atoms with Gasteiger partial charge in [-0.15, -0.1) is 0 Å². The molecule has 0 fully saturated rings. The summed E-state index contributed by atoms with van der Waals surface area (Å²) < 4.78 is 16.2. The first kappa shape index (κ1) is 24.1. The summed E-state index contributed by atoms with van der Waals surface area (Å²) in [6.07, 6.45) is 1.51. The van der Waals surface area contributed by atoms with Crippen LogP contribution < -0.4 is 25.6 Å². The maximum Gasteiger partial charge on any atom is 0.349 e. The smallest absolute Gasteiger partial charge is 0.349 e. The van der Waals surface area contributed by atoms with E-state index in [9.17, 15) is 14.4 Å². The van der Waals surface area contributed by atoms with E-state index in [4.69, 9.17) is 14.2 Å². The molecule has 0 aromatic heterocycles. The van der Waals surface area contributed by atoms with Gasteiger partial charge in [-0.3, -0.25) is 10.2 Å². The van der Waals surface area contributed by atoms with Gasteiger partial charge in [0.25, 0.3) is 0 Å². The molecule has 9 nitrogen and oxygen atoms in total. The van der Waals surface area contributed by atoms with Gasteiger partial charge in [0.05, 0.1) is 13.2 Å². The number of rotatable bonds is 11. The van der Waals surface area contributed by atoms with E-state index in [0.29, 0.717) is 37.7 Å². The minimum Gasteiger partial charge on any atom is -0.494 e. The minimum atomic E-state index is -1.09. The van der Waals surface area contributed by atoms with Gasteiger partial charge in [-0.2, -0.15) is 0 Å². The molecular weight excluding hydrogens is 378 g/mol. The van der Waals surface area contributed by atoms with Crippen LogP contribution in [0.4, 0.5) is 4.79 Å². The topological polar surface area (TPSA) is 115 Å². The molecule has 1 aromatic rings. The molecule has 162 valence electrons. The van der Waals surface area contributed by atoms with E-state index in [1.165, 1.54) is 0 Å². The first-order valence-electron chi connectivity index (χ1n) is 9.70. The lowest BCUT2D eigenvalue weighted by Crippen LogP contribution is -2.47. The predicted molar refractivity (Wildman–Crippen MR) is 107 cm³/mol. The van der Waals surface area contributed by atoms with Crippen LogP contribution in [0.5, 0.6) is 11.5 Å². The molecule has 0 bridgehead atoms. The molecule has 0 spiro atoms. The van der Waals surface area contributed by atoms with Crippen LogP contribution in [0.15, 0.2) is 24.3 Å². The molecule has 0 aliphatic rings. The zero-order chi connectivity index (χ0) is 21.7. The van der Waals surface area contributed by atoms with Crippen molar-refractivity contribution in [2.75, 3.05) is 19.8 Å². The average Bonchev–Trinajstić information content (AvgIpc) is 2.69. The van der Waals surface area contributed by atoms with Gasteiger partial charge in [-0.25, -0.2) is 15.0 Å². The number of ether oxygens (including phenoxy) is 3. The quantitative estimate of drug-likeness (QED) is 0.293. The number of benzene rings is 1. The molecular formula is C20H31N3O6. The molecule has 1 aromatic carbocycles. The Balaban J connectivity index is 2.30. The SMILES string of the molecule is CCCNC(=O)NNC(=O)CCCOc1ccc(OC(C)(C)C(=O)OCC)cc1. The summed E-state index contributed by atoms with van der Waals surface area (Å²) >= 11 is 0. The Bertz CT molecular complexity index is 661. The molecule has 3 N–H and O–H groups in total. The summed E-state index contributed by atoms with van der Waals surface area (Å²) in [6.45, 7) is 8.13. The summed E-state index contributed by atoms with van der Waals surface area (Å²) in [4.78, 5) is 34.8. The monoisotopic (exact) mass is 409 g/mol. The zero-order valence-electron chi connectivity index (χ0n) is 17.5. The average molecular weight is 409 g/mol. The van der Waals surface area contributed by atoms with E-state index >= 15 is 0 Å². The molecule has 1 rings (SSSR count). The van der Waals surface area contributed by atoms with Gasteiger partial charge in [-0.05, 0) is 57.9 Å². The van der Waals surface area contributed by atoms with Crippen LogP contribution >= 0.6 is 0 Å². The van der Waals surface area contributed by atoms with Gasteiger partial charge in [0.1, 0.15) is 11.5 Å². The highest BCUT2D eigenvalue weighted by molar-refractivity contribution is 5.81. The summed E-state index contributed by atoms with van der Waals surface area (Å²) in [5.74, 6) is 0.395. The number of amides is 3. The Morgan fingerprint density at radius 2 is 1.66 bits per heavy atom. The molecule has 0 saturated heterocycles. The maximum atomic E-state index is 11.9. The first-order valence-corrected chi connectivity index (χ1v) is 9.70. The molecule has 0 radical (unpaired) electrons. The highest BCUT2D eigenvalue weighted by Gasteiger charge is 2.31. The van der Waals surface area contributed by atoms with Crippen LogP contribution in [-0.2, 0) is 14.3 Å². The number of esters is 1. The molecule has 29 heavy (non-hydrogen) atoms. The van der Waals surface area contributed by atoms with E-state index in [1.54, 1.807) is 45.0 Å². The summed E-state index contributed by atoms with van der Waals surface area (Å²) in [5, 5.41) is 2.58. The molecule has 0 atom stereocenters. The normalized spacial score (nSPS) is 10.6. The Kier molecular flexibility index (Phi) is 10.4. The lowest BCUT2D eigenvalue weighted by Gasteiger charge is -2.24. The third kappa shape index (κ3) is 9.68. The van der Waals surface area contributed by atoms with Gasteiger partial charge in [0, 0.05) is 13.0 Å². The van der Waals surface area contributed by atoms with Gasteiger partial charge >= 0.3 is 12.0 Å². The van der Waals surface area contributed by atoms with Crippen molar-refractivity contribution in [1.82, 2.24) is 16.2 Å². The lowest BCUT2D eigenvalue weighted by molar-refractivity contribution is -0.158. The van der Waals surface area contributed by atoms with Crippen molar-refractivity contribution in [1.29, 1.82) is 0 Å². The van der Waals surface area contributed by atoms with Crippen LogP contribution in [0.1, 0.15) is 47.0 Å². The summed E-state index contributed by atoms with van der Waals surface area (Å²) in [7, 11) is 0. The van der Waals surface area contributed by atoms with Crippen LogP contribution in [0.3, 0.4) is 0 Å². The van der Waals surface area contributed by atoms with Crippen LogP contribution in [0, 0.1) is 0 Å². The number of carbonyl (C=O) groups is 3. The lowest BCUT2D eigenvalue weighted by atomic mass is 10.1. The fourth-order valence-electron chi connectivity index (χ4n) is 2.14. The highest BCUT2D eigenvalue weighted by atomic mass is 16.6. The Morgan fingerprint density at radius 1 is 1.00 bits per heavy atom. The second-order valence-electron chi connectivity index (χ2n) is 6.69. The molecule has 0 saturated carbocycles. The van der Waals surface area contributed by atoms with Crippen molar-refractivity contribution >= 4 is 17.9 Å². The van der Waals surface area contributed by atoms with Gasteiger partial charge in [0.2, 0.25) is 5.91 Å². The number of hydrogen-bond donors (Lipinski definition) is 3. The Labute approximate surface area is 171 Å². The highest BCUT2D eigenvalue weighted by Crippen LogP contribution is 2.23. The van der Waals surface area contributed by atoms with Crippen molar-refractivity contribution in [3.8, 4) is 11.5 Å². The summed E-state index contributed by atoms with van der Waals surface area (Å²) in [5.41, 5.74) is 3.52. The molecule has 0 heterocycles. The van der Waals surface area contributed by atoms with Crippen molar-refractivity contribution in [2.24, 2.45) is 0 Å². The number of nitrogens with one attached hydrogen (secondary N) is 3. The third-order valence-corrected chi connectivity index (χ3v) is 3.63. The first-order chi connectivity index (χ1) is 13.8. The fraction of sp³-hybridized carbons (Fsp3) is 0.550. The van der Waals surface area contributed by atoms with Gasteiger partial charge < -0.3 is 19.5 Å². The fourth-order valence-corrected chi connectivity index (χ4v) is 2.14. The van der Waals surface area contributed by atoms with E-state index in [2.05, 4.69) is 16.2 Å². The third-order valence-electron chi connectivity index (χ3n) is 3.63. The molecule has 0 unspecified atom stereocenters. The predicted octanol–water partition coefficient (Wildman–Crippen LogP) is 2.31. The molecule has 0 aliphatic heterocycles. The number of hydrazine groups is 1. The van der Waals surface area contributed by atoms with E-state index < -0.39 is 17.6 Å². The van der Waals surface area contributed by atoms with Crippen molar-refractivity contribution in [2.45, 2.75) is 52.6 Å². The second kappa shape index (κ2) is 12.5. The van der Waals surface area contributed by atoms with Crippen LogP contribution in [0.25, 0.3) is 0 Å². The zero-order valence-corrected chi connectivity index (χ0v) is 17.5. The van der Waals surface area contributed by atoms with Gasteiger partial charge in [0.15, 0.2) is 5.60 Å². The van der Waals surface area contributed by atoms with E-state index in [-0.39, 0.29) is 12.3 Å². The second-order valence-corrected chi connectivity index (χ2v) is 6.69. The Morgan fingerprint density at radius 3 is 2.28 bits per heavy atom. The van der Waals surface area contributed by atoms with Crippen molar-refractivity contribution in [3.05, 3.63) is 24.3 Å². The van der Waals surface area contributed by atoms with Crippen LogP contribution in [0.2, 0.25) is 0 Å².